The molecule has 0 radical (unpaired) electrons. The molecule has 6 heteroatoms. The lowest BCUT2D eigenvalue weighted by molar-refractivity contribution is -0.116. The third kappa shape index (κ3) is 4.16. The van der Waals surface area contributed by atoms with Gasteiger partial charge in [0.1, 0.15) is 18.2 Å². The minimum Gasteiger partial charge on any atom is -0.496 e. The summed E-state index contributed by atoms with van der Waals surface area (Å²) in [7, 11) is 3.26. The van der Waals surface area contributed by atoms with Gasteiger partial charge in [0.05, 0.1) is 18.1 Å². The summed E-state index contributed by atoms with van der Waals surface area (Å²) in [5, 5.41) is 2.92. The van der Waals surface area contributed by atoms with Crippen molar-refractivity contribution >= 4 is 22.6 Å². The van der Waals surface area contributed by atoms with Crippen LogP contribution >= 0.6 is 0 Å². The zero-order chi connectivity index (χ0) is 17.6. The molecule has 1 aromatic heterocycles. The molecule has 2 aromatic carbocycles. The fraction of sp³-hybridized carbons (Fsp3) is 0.263. The van der Waals surface area contributed by atoms with Crippen molar-refractivity contribution in [1.82, 2.24) is 9.97 Å². The average Bonchev–Trinajstić information content (AvgIpc) is 3.02. The topological polar surface area (TPSA) is 76.2 Å². The van der Waals surface area contributed by atoms with Crippen LogP contribution in [-0.4, -0.2) is 30.1 Å². The first-order valence-electron chi connectivity index (χ1n) is 8.09. The Labute approximate surface area is 146 Å². The summed E-state index contributed by atoms with van der Waals surface area (Å²) in [6, 6.07) is 13.3. The highest BCUT2D eigenvalue weighted by molar-refractivity contribution is 5.93. The van der Waals surface area contributed by atoms with Crippen LogP contribution in [0.3, 0.4) is 0 Å². The van der Waals surface area contributed by atoms with E-state index in [1.165, 1.54) is 0 Å². The van der Waals surface area contributed by atoms with Gasteiger partial charge in [-0.25, -0.2) is 4.98 Å². The third-order valence-corrected chi connectivity index (χ3v) is 3.91. The SMILES string of the molecule is COCc1nc2ccc(NC(=O)CCc3ccccc3OC)cc2[nH]1. The van der Waals surface area contributed by atoms with Crippen molar-refractivity contribution in [3.63, 3.8) is 0 Å². The van der Waals surface area contributed by atoms with Crippen molar-refractivity contribution in [3.8, 4) is 5.75 Å². The van der Waals surface area contributed by atoms with Crippen LogP contribution in [0.5, 0.6) is 5.75 Å². The minimum absolute atomic E-state index is 0.0399. The number of nitrogens with one attached hydrogen (secondary N) is 2. The Kier molecular flexibility index (Phi) is 5.30. The van der Waals surface area contributed by atoms with Gasteiger partial charge in [-0.3, -0.25) is 4.79 Å². The van der Waals surface area contributed by atoms with Crippen LogP contribution in [0.25, 0.3) is 11.0 Å². The number of aromatic amines is 1. The van der Waals surface area contributed by atoms with Gasteiger partial charge in [0.2, 0.25) is 5.91 Å². The van der Waals surface area contributed by atoms with Crippen LogP contribution in [-0.2, 0) is 22.6 Å². The molecule has 0 saturated carbocycles. The first-order valence-corrected chi connectivity index (χ1v) is 8.09. The van der Waals surface area contributed by atoms with E-state index in [-0.39, 0.29) is 5.91 Å². The summed E-state index contributed by atoms with van der Waals surface area (Å²) in [5.74, 6) is 1.53. The Morgan fingerprint density at radius 3 is 2.84 bits per heavy atom. The number of nitrogens with zero attached hydrogens (tertiary/aromatic N) is 1. The fourth-order valence-corrected chi connectivity index (χ4v) is 2.73. The van der Waals surface area contributed by atoms with E-state index in [2.05, 4.69) is 15.3 Å². The van der Waals surface area contributed by atoms with Crippen molar-refractivity contribution in [2.75, 3.05) is 19.5 Å². The lowest BCUT2D eigenvalue weighted by Gasteiger charge is -2.08. The molecule has 6 nitrogen and oxygen atoms in total. The molecule has 0 atom stereocenters. The van der Waals surface area contributed by atoms with E-state index in [9.17, 15) is 4.79 Å². The number of aryl methyl sites for hydroxylation is 1. The maximum absolute atomic E-state index is 12.2. The molecule has 0 aliphatic rings. The molecule has 0 aliphatic heterocycles. The van der Waals surface area contributed by atoms with Crippen LogP contribution < -0.4 is 10.1 Å². The number of para-hydroxylation sites is 1. The molecule has 25 heavy (non-hydrogen) atoms. The van der Waals surface area contributed by atoms with Crippen LogP contribution in [0, 0.1) is 0 Å². The molecule has 0 spiro atoms. The summed E-state index contributed by atoms with van der Waals surface area (Å²) in [4.78, 5) is 19.8. The average molecular weight is 339 g/mol. The number of ether oxygens (including phenoxy) is 2. The number of carbonyl (C=O) groups excluding carboxylic acids is 1. The first kappa shape index (κ1) is 17.0. The van der Waals surface area contributed by atoms with E-state index < -0.39 is 0 Å². The number of imidazole rings is 1. The Morgan fingerprint density at radius 1 is 1.20 bits per heavy atom. The Bertz CT molecular complexity index is 873. The third-order valence-electron chi connectivity index (χ3n) is 3.91. The standard InChI is InChI=1S/C19H21N3O3/c1-24-12-18-21-15-9-8-14(11-16(15)22-18)20-19(23)10-7-13-5-3-4-6-17(13)25-2/h3-6,8-9,11H,7,10,12H2,1-2H3,(H,20,23)(H,21,22). The van der Waals surface area contributed by atoms with Crippen LogP contribution in [0.4, 0.5) is 5.69 Å². The molecule has 130 valence electrons. The first-order chi connectivity index (χ1) is 12.2. The summed E-state index contributed by atoms with van der Waals surface area (Å²) >= 11 is 0. The number of benzene rings is 2. The van der Waals surface area contributed by atoms with Crippen molar-refractivity contribution in [1.29, 1.82) is 0 Å². The molecule has 1 heterocycles. The largest absolute Gasteiger partial charge is 0.496 e. The number of aromatic nitrogens is 2. The van der Waals surface area contributed by atoms with Gasteiger partial charge in [-0.05, 0) is 36.2 Å². The van der Waals surface area contributed by atoms with Crippen molar-refractivity contribution < 1.29 is 14.3 Å². The second kappa shape index (κ2) is 7.81. The van der Waals surface area contributed by atoms with Crippen molar-refractivity contribution in [2.45, 2.75) is 19.4 Å². The second-order valence-corrected chi connectivity index (χ2v) is 5.71. The highest BCUT2D eigenvalue weighted by Crippen LogP contribution is 2.20. The summed E-state index contributed by atoms with van der Waals surface area (Å²) in [5.41, 5.74) is 3.48. The summed E-state index contributed by atoms with van der Waals surface area (Å²) in [6.07, 6.45) is 1.01. The van der Waals surface area contributed by atoms with Gasteiger partial charge in [0.15, 0.2) is 0 Å². The van der Waals surface area contributed by atoms with Gasteiger partial charge in [-0.1, -0.05) is 18.2 Å². The second-order valence-electron chi connectivity index (χ2n) is 5.71. The zero-order valence-corrected chi connectivity index (χ0v) is 14.3. The van der Waals surface area contributed by atoms with Gasteiger partial charge < -0.3 is 19.8 Å². The van der Waals surface area contributed by atoms with Crippen LogP contribution in [0.1, 0.15) is 17.8 Å². The minimum atomic E-state index is -0.0399. The molecule has 0 bridgehead atoms. The summed E-state index contributed by atoms with van der Waals surface area (Å²) in [6.45, 7) is 0.426. The van der Waals surface area contributed by atoms with Gasteiger partial charge in [0, 0.05) is 19.2 Å². The highest BCUT2D eigenvalue weighted by atomic mass is 16.5. The molecule has 3 aromatic rings. The number of H-pyrrole nitrogens is 1. The maximum Gasteiger partial charge on any atom is 0.224 e. The number of anilines is 1. The molecular formula is C19H21N3O3. The molecular weight excluding hydrogens is 318 g/mol. The lowest BCUT2D eigenvalue weighted by atomic mass is 10.1. The van der Waals surface area contributed by atoms with E-state index in [0.717, 1.165) is 33.9 Å². The van der Waals surface area contributed by atoms with E-state index in [0.29, 0.717) is 19.4 Å². The number of methoxy groups -OCH3 is 2. The summed E-state index contributed by atoms with van der Waals surface area (Å²) < 4.78 is 10.4. The Balaban J connectivity index is 1.63. The van der Waals surface area contributed by atoms with E-state index in [1.54, 1.807) is 14.2 Å². The van der Waals surface area contributed by atoms with E-state index >= 15 is 0 Å². The number of rotatable bonds is 7. The molecule has 1 amide bonds. The van der Waals surface area contributed by atoms with E-state index in [4.69, 9.17) is 9.47 Å². The van der Waals surface area contributed by atoms with Gasteiger partial charge >= 0.3 is 0 Å². The molecule has 0 saturated heterocycles. The Morgan fingerprint density at radius 2 is 2.04 bits per heavy atom. The normalized spacial score (nSPS) is 10.8. The van der Waals surface area contributed by atoms with Gasteiger partial charge in [-0.15, -0.1) is 0 Å². The van der Waals surface area contributed by atoms with Gasteiger partial charge in [0.25, 0.3) is 0 Å². The highest BCUT2D eigenvalue weighted by Gasteiger charge is 2.08. The fourth-order valence-electron chi connectivity index (χ4n) is 2.73. The zero-order valence-electron chi connectivity index (χ0n) is 14.3. The number of hydrogen-bond acceptors (Lipinski definition) is 4. The number of fused-ring (bicyclic) bond motifs is 1. The molecule has 0 fully saturated rings. The number of hydrogen-bond donors (Lipinski definition) is 2. The maximum atomic E-state index is 12.2. The van der Waals surface area contributed by atoms with Gasteiger partial charge in [-0.2, -0.15) is 0 Å². The predicted octanol–water partition coefficient (Wildman–Crippen LogP) is 3.29. The number of amides is 1. The quantitative estimate of drug-likeness (QED) is 0.692. The van der Waals surface area contributed by atoms with E-state index in [1.807, 2.05) is 42.5 Å². The van der Waals surface area contributed by atoms with Crippen molar-refractivity contribution in [3.05, 3.63) is 53.9 Å². The van der Waals surface area contributed by atoms with Crippen LogP contribution in [0.2, 0.25) is 0 Å². The molecule has 2 N–H and O–H groups in total. The van der Waals surface area contributed by atoms with Crippen LogP contribution in [0.15, 0.2) is 42.5 Å². The predicted molar refractivity (Wildman–Crippen MR) is 96.8 cm³/mol. The molecule has 3 rings (SSSR count). The monoisotopic (exact) mass is 339 g/mol. The molecule has 0 aliphatic carbocycles. The smallest absolute Gasteiger partial charge is 0.224 e. The number of carbonyl (C=O) groups is 1. The lowest BCUT2D eigenvalue weighted by Crippen LogP contribution is -2.12. The van der Waals surface area contributed by atoms with Crippen molar-refractivity contribution in [2.24, 2.45) is 0 Å². The Hall–Kier alpha value is -2.86. The molecule has 0 unspecified atom stereocenters.